The van der Waals surface area contributed by atoms with Crippen molar-refractivity contribution >= 4 is 0 Å². The highest BCUT2D eigenvalue weighted by Crippen LogP contribution is 2.13. The standard InChI is InChI=1S/C10H11F3N2O2/c11-10(12,13)7-16-4-3-15-6-9-2-1-8(5-14)17-9/h1-2,15H,3-4,6-7H2. The van der Waals surface area contributed by atoms with E-state index in [9.17, 15) is 13.2 Å². The van der Waals surface area contributed by atoms with Gasteiger partial charge in [-0.1, -0.05) is 0 Å². The Morgan fingerprint density at radius 1 is 1.41 bits per heavy atom. The summed E-state index contributed by atoms with van der Waals surface area (Å²) in [5.41, 5.74) is 0. The van der Waals surface area contributed by atoms with Crippen molar-refractivity contribution in [3.63, 3.8) is 0 Å². The van der Waals surface area contributed by atoms with E-state index < -0.39 is 12.8 Å². The lowest BCUT2D eigenvalue weighted by atomic mass is 10.4. The average molecular weight is 248 g/mol. The molecule has 1 N–H and O–H groups in total. The van der Waals surface area contributed by atoms with Crippen LogP contribution in [0.2, 0.25) is 0 Å². The number of ether oxygens (including phenoxy) is 1. The lowest BCUT2D eigenvalue weighted by Crippen LogP contribution is -2.23. The fourth-order valence-corrected chi connectivity index (χ4v) is 1.08. The molecule has 0 aromatic carbocycles. The van der Waals surface area contributed by atoms with Crippen LogP contribution in [0.25, 0.3) is 0 Å². The quantitative estimate of drug-likeness (QED) is 0.780. The number of alkyl halides is 3. The summed E-state index contributed by atoms with van der Waals surface area (Å²) in [7, 11) is 0. The van der Waals surface area contributed by atoms with Gasteiger partial charge in [-0.05, 0) is 12.1 Å². The molecule has 1 aromatic rings. The molecule has 0 saturated carbocycles. The fourth-order valence-electron chi connectivity index (χ4n) is 1.08. The maximum absolute atomic E-state index is 11.7. The molecule has 0 radical (unpaired) electrons. The van der Waals surface area contributed by atoms with Gasteiger partial charge >= 0.3 is 6.18 Å². The molecule has 4 nitrogen and oxygen atoms in total. The van der Waals surface area contributed by atoms with E-state index in [1.165, 1.54) is 6.07 Å². The monoisotopic (exact) mass is 248 g/mol. The third-order valence-electron chi connectivity index (χ3n) is 1.76. The van der Waals surface area contributed by atoms with Crippen LogP contribution in [0.5, 0.6) is 0 Å². The van der Waals surface area contributed by atoms with E-state index in [0.29, 0.717) is 12.3 Å². The molecule has 0 amide bonds. The van der Waals surface area contributed by atoms with Crippen molar-refractivity contribution in [2.75, 3.05) is 19.8 Å². The van der Waals surface area contributed by atoms with E-state index in [4.69, 9.17) is 9.68 Å². The molecule has 1 heterocycles. The Bertz CT molecular complexity index is 382. The van der Waals surface area contributed by atoms with E-state index in [-0.39, 0.29) is 18.9 Å². The summed E-state index contributed by atoms with van der Waals surface area (Å²) in [5.74, 6) is 0.757. The number of halogens is 3. The van der Waals surface area contributed by atoms with Crippen LogP contribution in [-0.2, 0) is 11.3 Å². The summed E-state index contributed by atoms with van der Waals surface area (Å²) < 4.78 is 44.5. The molecule has 17 heavy (non-hydrogen) atoms. The molecule has 0 fully saturated rings. The summed E-state index contributed by atoms with van der Waals surface area (Å²) in [4.78, 5) is 0. The lowest BCUT2D eigenvalue weighted by molar-refractivity contribution is -0.173. The Morgan fingerprint density at radius 3 is 2.76 bits per heavy atom. The van der Waals surface area contributed by atoms with Crippen molar-refractivity contribution in [1.82, 2.24) is 5.32 Å². The highest BCUT2D eigenvalue weighted by molar-refractivity contribution is 5.18. The molecule has 94 valence electrons. The summed E-state index contributed by atoms with van der Waals surface area (Å²) >= 11 is 0. The molecule has 1 rings (SSSR count). The highest BCUT2D eigenvalue weighted by Gasteiger charge is 2.27. The molecule has 0 aliphatic rings. The van der Waals surface area contributed by atoms with E-state index in [2.05, 4.69) is 10.1 Å². The third kappa shape index (κ3) is 5.94. The van der Waals surface area contributed by atoms with Crippen molar-refractivity contribution < 1.29 is 22.3 Å². The Morgan fingerprint density at radius 2 is 2.18 bits per heavy atom. The van der Waals surface area contributed by atoms with Crippen molar-refractivity contribution in [3.05, 3.63) is 23.7 Å². The zero-order valence-electron chi connectivity index (χ0n) is 8.88. The number of nitrogens with one attached hydrogen (secondary N) is 1. The predicted molar refractivity (Wildman–Crippen MR) is 52.0 cm³/mol. The van der Waals surface area contributed by atoms with Crippen LogP contribution in [0.4, 0.5) is 13.2 Å². The normalized spacial score (nSPS) is 11.4. The van der Waals surface area contributed by atoms with Gasteiger partial charge in [0.25, 0.3) is 0 Å². The molecule has 0 bridgehead atoms. The van der Waals surface area contributed by atoms with Crippen LogP contribution in [-0.4, -0.2) is 25.9 Å². The topological polar surface area (TPSA) is 58.2 Å². The van der Waals surface area contributed by atoms with Gasteiger partial charge in [0.2, 0.25) is 5.76 Å². The number of furan rings is 1. The molecule has 0 aliphatic carbocycles. The van der Waals surface area contributed by atoms with Crippen molar-refractivity contribution in [3.8, 4) is 6.07 Å². The minimum absolute atomic E-state index is 0.0364. The third-order valence-corrected chi connectivity index (χ3v) is 1.76. The molecular formula is C10H11F3N2O2. The maximum Gasteiger partial charge on any atom is 0.411 e. The van der Waals surface area contributed by atoms with Crippen LogP contribution in [0.15, 0.2) is 16.5 Å². The molecule has 1 aromatic heterocycles. The average Bonchev–Trinajstić information content (AvgIpc) is 2.69. The predicted octanol–water partition coefficient (Wildman–Crippen LogP) is 1.82. The molecule has 0 atom stereocenters. The van der Waals surface area contributed by atoms with Gasteiger partial charge in [-0.15, -0.1) is 0 Å². The largest absolute Gasteiger partial charge is 0.449 e. The van der Waals surface area contributed by atoms with Crippen molar-refractivity contribution in [2.24, 2.45) is 0 Å². The van der Waals surface area contributed by atoms with E-state index in [0.717, 1.165) is 0 Å². The van der Waals surface area contributed by atoms with Gasteiger partial charge in [0.1, 0.15) is 18.4 Å². The van der Waals surface area contributed by atoms with E-state index >= 15 is 0 Å². The SMILES string of the molecule is N#Cc1ccc(CNCCOCC(F)(F)F)o1. The first kappa shape index (κ1) is 13.5. The summed E-state index contributed by atoms with van der Waals surface area (Å²) in [6, 6.07) is 4.98. The number of rotatable bonds is 6. The zero-order chi connectivity index (χ0) is 12.7. The zero-order valence-corrected chi connectivity index (χ0v) is 8.88. The van der Waals surface area contributed by atoms with Crippen LogP contribution in [0.1, 0.15) is 11.5 Å². The Balaban J connectivity index is 2.07. The smallest absolute Gasteiger partial charge is 0.411 e. The molecular weight excluding hydrogens is 237 g/mol. The molecule has 0 saturated heterocycles. The number of hydrogen-bond acceptors (Lipinski definition) is 4. The first-order chi connectivity index (χ1) is 8.01. The Hall–Kier alpha value is -1.52. The van der Waals surface area contributed by atoms with E-state index in [1.807, 2.05) is 6.07 Å². The minimum atomic E-state index is -4.29. The number of nitrogens with zero attached hydrogens (tertiary/aromatic N) is 1. The number of nitriles is 1. The Labute approximate surface area is 96.0 Å². The summed E-state index contributed by atoms with van der Waals surface area (Å²) in [5, 5.41) is 11.3. The highest BCUT2D eigenvalue weighted by atomic mass is 19.4. The lowest BCUT2D eigenvalue weighted by Gasteiger charge is -2.07. The van der Waals surface area contributed by atoms with Gasteiger partial charge < -0.3 is 14.5 Å². The first-order valence-corrected chi connectivity index (χ1v) is 4.85. The van der Waals surface area contributed by atoms with Crippen LogP contribution >= 0.6 is 0 Å². The second kappa shape index (κ2) is 6.27. The second-order valence-corrected chi connectivity index (χ2v) is 3.22. The van der Waals surface area contributed by atoms with Gasteiger partial charge in [0, 0.05) is 6.54 Å². The number of hydrogen-bond donors (Lipinski definition) is 1. The van der Waals surface area contributed by atoms with Crippen LogP contribution in [0.3, 0.4) is 0 Å². The minimum Gasteiger partial charge on any atom is -0.449 e. The fraction of sp³-hybridized carbons (Fsp3) is 0.500. The Kier molecular flexibility index (Phi) is 5.00. The van der Waals surface area contributed by atoms with Crippen LogP contribution < -0.4 is 5.32 Å². The maximum atomic E-state index is 11.7. The molecule has 0 unspecified atom stereocenters. The molecule has 0 aliphatic heterocycles. The molecule has 7 heteroatoms. The van der Waals surface area contributed by atoms with Crippen molar-refractivity contribution in [2.45, 2.75) is 12.7 Å². The second-order valence-electron chi connectivity index (χ2n) is 3.22. The van der Waals surface area contributed by atoms with Gasteiger partial charge in [-0.2, -0.15) is 18.4 Å². The van der Waals surface area contributed by atoms with E-state index in [1.54, 1.807) is 6.07 Å². The summed E-state index contributed by atoms with van der Waals surface area (Å²) in [6.45, 7) is -0.658. The van der Waals surface area contributed by atoms with Crippen molar-refractivity contribution in [1.29, 1.82) is 5.26 Å². The summed E-state index contributed by atoms with van der Waals surface area (Å²) in [6.07, 6.45) is -4.29. The van der Waals surface area contributed by atoms with Gasteiger partial charge in [0.05, 0.1) is 13.2 Å². The van der Waals surface area contributed by atoms with Gasteiger partial charge in [-0.3, -0.25) is 0 Å². The first-order valence-electron chi connectivity index (χ1n) is 4.85. The van der Waals surface area contributed by atoms with Crippen LogP contribution in [0, 0.1) is 11.3 Å². The van der Waals surface area contributed by atoms with Gasteiger partial charge in [-0.25, -0.2) is 0 Å². The molecule has 0 spiro atoms. The van der Waals surface area contributed by atoms with Gasteiger partial charge in [0.15, 0.2) is 0 Å².